The third kappa shape index (κ3) is 10.1. The summed E-state index contributed by atoms with van der Waals surface area (Å²) in [6, 6.07) is -4.24. The Morgan fingerprint density at radius 1 is 0.903 bits per heavy atom. The van der Waals surface area contributed by atoms with E-state index in [2.05, 4.69) is 16.0 Å². The van der Waals surface area contributed by atoms with Crippen LogP contribution in [0.25, 0.3) is 0 Å². The van der Waals surface area contributed by atoms with Gasteiger partial charge in [0.2, 0.25) is 17.7 Å². The molecule has 0 radical (unpaired) electrons. The van der Waals surface area contributed by atoms with Gasteiger partial charge in [0.1, 0.15) is 24.2 Å². The van der Waals surface area contributed by atoms with Crippen molar-refractivity contribution in [2.75, 3.05) is 13.2 Å². The zero-order valence-corrected chi connectivity index (χ0v) is 18.9. The van der Waals surface area contributed by atoms with E-state index in [1.165, 1.54) is 0 Å². The molecule has 0 rings (SSSR count). The van der Waals surface area contributed by atoms with Gasteiger partial charge in [0, 0.05) is 0 Å². The molecule has 0 fully saturated rings. The predicted molar refractivity (Wildman–Crippen MR) is 116 cm³/mol. The molecule has 5 unspecified atom stereocenters. The number of hydrogen-bond acceptors (Lipinski definition) is 7. The molecule has 0 heterocycles. The van der Waals surface area contributed by atoms with Gasteiger partial charge < -0.3 is 37.6 Å². The van der Waals surface area contributed by atoms with Crippen molar-refractivity contribution in [3.63, 3.8) is 0 Å². The summed E-state index contributed by atoms with van der Waals surface area (Å²) in [4.78, 5) is 49.2. The summed E-state index contributed by atoms with van der Waals surface area (Å²) < 4.78 is 0. The van der Waals surface area contributed by atoms with Crippen molar-refractivity contribution in [1.82, 2.24) is 16.0 Å². The molecule has 0 bridgehead atoms. The minimum Gasteiger partial charge on any atom is -0.480 e. The van der Waals surface area contributed by atoms with E-state index in [0.29, 0.717) is 25.8 Å². The Labute approximate surface area is 183 Å². The molecular formula is C20H39N5O6. The number of aliphatic hydroxyl groups excluding tert-OH is 1. The maximum absolute atomic E-state index is 12.9. The van der Waals surface area contributed by atoms with Crippen LogP contribution in [0.1, 0.15) is 53.4 Å². The van der Waals surface area contributed by atoms with Gasteiger partial charge >= 0.3 is 5.97 Å². The van der Waals surface area contributed by atoms with E-state index in [4.69, 9.17) is 16.6 Å². The topological polar surface area (TPSA) is 197 Å². The summed E-state index contributed by atoms with van der Waals surface area (Å²) in [5.41, 5.74) is 10.9. The molecule has 0 aromatic heterocycles. The van der Waals surface area contributed by atoms with Crippen molar-refractivity contribution >= 4 is 23.7 Å². The van der Waals surface area contributed by atoms with Gasteiger partial charge in [-0.25, -0.2) is 4.79 Å². The van der Waals surface area contributed by atoms with Gasteiger partial charge in [0.05, 0.1) is 6.61 Å². The van der Waals surface area contributed by atoms with Crippen molar-refractivity contribution in [1.29, 1.82) is 0 Å². The van der Waals surface area contributed by atoms with E-state index < -0.39 is 54.5 Å². The third-order valence-electron chi connectivity index (χ3n) is 5.14. The molecular weight excluding hydrogens is 406 g/mol. The number of carboxylic acid groups (broad SMARTS) is 1. The predicted octanol–water partition coefficient (Wildman–Crippen LogP) is -1.32. The smallest absolute Gasteiger partial charge is 0.326 e. The zero-order valence-electron chi connectivity index (χ0n) is 18.9. The van der Waals surface area contributed by atoms with Crippen molar-refractivity contribution in [2.45, 2.75) is 77.5 Å². The fraction of sp³-hybridized carbons (Fsp3) is 0.800. The maximum atomic E-state index is 12.9. The van der Waals surface area contributed by atoms with Crippen LogP contribution in [-0.2, 0) is 19.2 Å². The van der Waals surface area contributed by atoms with E-state index in [1.807, 2.05) is 6.92 Å². The van der Waals surface area contributed by atoms with Crippen LogP contribution in [0.3, 0.4) is 0 Å². The lowest BCUT2D eigenvalue weighted by atomic mass is 9.96. The second kappa shape index (κ2) is 14.7. The lowest BCUT2D eigenvalue weighted by Gasteiger charge is -2.29. The highest BCUT2D eigenvalue weighted by Gasteiger charge is 2.33. The first-order valence-electron chi connectivity index (χ1n) is 10.7. The fourth-order valence-corrected chi connectivity index (χ4v) is 2.83. The first kappa shape index (κ1) is 28.8. The van der Waals surface area contributed by atoms with Crippen molar-refractivity contribution < 1.29 is 29.4 Å². The van der Waals surface area contributed by atoms with Crippen molar-refractivity contribution in [3.8, 4) is 0 Å². The molecule has 3 amide bonds. The molecule has 5 atom stereocenters. The highest BCUT2D eigenvalue weighted by Crippen LogP contribution is 2.11. The average molecular weight is 446 g/mol. The number of hydrogen-bond donors (Lipinski definition) is 7. The Bertz CT molecular complexity index is 601. The van der Waals surface area contributed by atoms with Crippen LogP contribution < -0.4 is 27.4 Å². The molecule has 0 aromatic rings. The summed E-state index contributed by atoms with van der Waals surface area (Å²) in [7, 11) is 0. The van der Waals surface area contributed by atoms with Gasteiger partial charge in [0.25, 0.3) is 0 Å². The fourth-order valence-electron chi connectivity index (χ4n) is 2.83. The van der Waals surface area contributed by atoms with Crippen LogP contribution in [0.15, 0.2) is 0 Å². The number of rotatable bonds is 15. The Kier molecular flexibility index (Phi) is 13.6. The molecule has 180 valence electrons. The van der Waals surface area contributed by atoms with Gasteiger partial charge in [0.15, 0.2) is 0 Å². The van der Waals surface area contributed by atoms with E-state index >= 15 is 0 Å². The molecule has 0 saturated carbocycles. The molecule has 11 nitrogen and oxygen atoms in total. The number of carbonyl (C=O) groups excluding carboxylic acids is 3. The Morgan fingerprint density at radius 3 is 1.90 bits per heavy atom. The molecule has 0 aromatic carbocycles. The molecule has 0 aliphatic heterocycles. The number of amides is 3. The number of aliphatic carboxylic acids is 1. The Hall–Kier alpha value is -2.24. The summed E-state index contributed by atoms with van der Waals surface area (Å²) in [6.45, 7) is 6.89. The van der Waals surface area contributed by atoms with Crippen LogP contribution >= 0.6 is 0 Å². The molecule has 9 N–H and O–H groups in total. The molecule has 31 heavy (non-hydrogen) atoms. The van der Waals surface area contributed by atoms with Crippen LogP contribution in [0.5, 0.6) is 0 Å². The number of carboxylic acids is 1. The van der Waals surface area contributed by atoms with E-state index in [0.717, 1.165) is 0 Å². The lowest BCUT2D eigenvalue weighted by Crippen LogP contribution is -2.60. The number of nitrogens with one attached hydrogen (secondary N) is 3. The quantitative estimate of drug-likeness (QED) is 0.150. The number of aliphatic hydroxyl groups is 1. The minimum absolute atomic E-state index is 0.224. The molecule has 11 heteroatoms. The van der Waals surface area contributed by atoms with Gasteiger partial charge in [-0.1, -0.05) is 34.1 Å². The van der Waals surface area contributed by atoms with Gasteiger partial charge in [-0.15, -0.1) is 0 Å². The number of carbonyl (C=O) groups is 4. The Morgan fingerprint density at radius 2 is 1.45 bits per heavy atom. The third-order valence-corrected chi connectivity index (χ3v) is 5.14. The standard InChI is InChI=1S/C20H39N5O6/c1-5-12(4)16(25-17(27)13(22)10-26)19(29)24-15(11(2)3)18(28)23-14(20(30)31)8-6-7-9-21/h11-16,26H,5-10,21-22H2,1-4H3,(H,23,28)(H,24,29)(H,25,27)(H,30,31). The van der Waals surface area contributed by atoms with E-state index in [1.54, 1.807) is 20.8 Å². The van der Waals surface area contributed by atoms with Gasteiger partial charge in [-0.3, -0.25) is 14.4 Å². The minimum atomic E-state index is -1.17. The first-order valence-corrected chi connectivity index (χ1v) is 10.7. The van der Waals surface area contributed by atoms with E-state index in [9.17, 15) is 24.3 Å². The van der Waals surface area contributed by atoms with Crippen molar-refractivity contribution in [3.05, 3.63) is 0 Å². The maximum Gasteiger partial charge on any atom is 0.326 e. The molecule has 0 saturated heterocycles. The monoisotopic (exact) mass is 445 g/mol. The largest absolute Gasteiger partial charge is 0.480 e. The summed E-state index contributed by atoms with van der Waals surface area (Å²) in [6.07, 6.45) is 1.96. The van der Waals surface area contributed by atoms with Crippen LogP contribution in [0.4, 0.5) is 0 Å². The number of nitrogens with two attached hydrogens (primary N) is 2. The molecule has 0 aliphatic carbocycles. The van der Waals surface area contributed by atoms with Crippen LogP contribution in [0, 0.1) is 11.8 Å². The first-order chi connectivity index (χ1) is 14.5. The van der Waals surface area contributed by atoms with Crippen LogP contribution in [0.2, 0.25) is 0 Å². The van der Waals surface area contributed by atoms with Gasteiger partial charge in [-0.05, 0) is 37.6 Å². The second-order valence-electron chi connectivity index (χ2n) is 8.08. The highest BCUT2D eigenvalue weighted by atomic mass is 16.4. The number of unbranched alkanes of at least 4 members (excludes halogenated alkanes) is 1. The zero-order chi connectivity index (χ0) is 24.1. The molecule has 0 aliphatic rings. The lowest BCUT2D eigenvalue weighted by molar-refractivity contribution is -0.143. The summed E-state index contributed by atoms with van der Waals surface area (Å²) in [5, 5.41) is 26.1. The summed E-state index contributed by atoms with van der Waals surface area (Å²) in [5.74, 6) is -3.66. The van der Waals surface area contributed by atoms with E-state index in [-0.39, 0.29) is 18.3 Å². The van der Waals surface area contributed by atoms with Crippen LogP contribution in [-0.4, -0.2) is 71.2 Å². The normalized spacial score (nSPS) is 16.0. The van der Waals surface area contributed by atoms with Crippen molar-refractivity contribution in [2.24, 2.45) is 23.3 Å². The molecule has 0 spiro atoms. The van der Waals surface area contributed by atoms with Gasteiger partial charge in [-0.2, -0.15) is 0 Å². The Balaban J connectivity index is 5.36. The second-order valence-corrected chi connectivity index (χ2v) is 8.08. The average Bonchev–Trinajstić information content (AvgIpc) is 2.72. The SMILES string of the molecule is CCC(C)C(NC(=O)C(N)CO)C(=O)NC(C(=O)NC(CCCCN)C(=O)O)C(C)C. The highest BCUT2D eigenvalue weighted by molar-refractivity contribution is 5.94. The summed E-state index contributed by atoms with van der Waals surface area (Å²) >= 11 is 0.